The molecule has 1 N–H and O–H groups in total. The number of hydrogen-bond donors (Lipinski definition) is 1. The van der Waals surface area contributed by atoms with Gasteiger partial charge in [-0.15, -0.1) is 0 Å². The fraction of sp³-hybridized carbons (Fsp3) is 0.238. The maximum absolute atomic E-state index is 13.4. The quantitative estimate of drug-likeness (QED) is 0.393. The number of alkyl halides is 3. The predicted molar refractivity (Wildman–Crippen MR) is 114 cm³/mol. The van der Waals surface area contributed by atoms with Crippen molar-refractivity contribution in [3.05, 3.63) is 62.8 Å². The third kappa shape index (κ3) is 5.16. The summed E-state index contributed by atoms with van der Waals surface area (Å²) in [5.74, 6) is -1.37. The average Bonchev–Trinajstić information content (AvgIpc) is 2.77. The number of H-pyrrole nitrogens is 1. The molecule has 180 valence electrons. The van der Waals surface area contributed by atoms with Crippen LogP contribution in [0.2, 0.25) is 5.15 Å². The van der Waals surface area contributed by atoms with E-state index in [1.807, 2.05) is 11.9 Å². The Labute approximate surface area is 193 Å². The summed E-state index contributed by atoms with van der Waals surface area (Å²) in [7, 11) is 2.61. The molecule has 0 aliphatic carbocycles. The molecule has 7 nitrogen and oxygen atoms in total. The van der Waals surface area contributed by atoms with Gasteiger partial charge in [0.25, 0.3) is 5.56 Å². The highest BCUT2D eigenvalue weighted by Crippen LogP contribution is 2.28. The molecule has 0 radical (unpaired) electrons. The van der Waals surface area contributed by atoms with Crippen molar-refractivity contribution in [3.63, 3.8) is 0 Å². The van der Waals surface area contributed by atoms with E-state index < -0.39 is 29.1 Å². The van der Waals surface area contributed by atoms with Crippen LogP contribution in [-0.4, -0.2) is 34.2 Å². The van der Waals surface area contributed by atoms with Crippen LogP contribution in [0.3, 0.4) is 0 Å². The second-order valence-electron chi connectivity index (χ2n) is 6.71. The second kappa shape index (κ2) is 9.75. The lowest BCUT2D eigenvalue weighted by molar-refractivity contribution is -0.142. The minimum absolute atomic E-state index is 0.0359. The zero-order chi connectivity index (χ0) is 25.2. The van der Waals surface area contributed by atoms with E-state index in [1.165, 1.54) is 26.4 Å². The van der Waals surface area contributed by atoms with Crippen molar-refractivity contribution in [2.75, 3.05) is 14.2 Å². The van der Waals surface area contributed by atoms with Gasteiger partial charge in [0.15, 0.2) is 28.3 Å². The molecule has 2 heterocycles. The molecule has 0 unspecified atom stereocenters. The van der Waals surface area contributed by atoms with E-state index in [2.05, 4.69) is 19.7 Å². The number of fused-ring (bicyclic) bond motifs is 2. The maximum atomic E-state index is 13.4. The Bertz CT molecular complexity index is 1380. The molecule has 0 aliphatic rings. The van der Waals surface area contributed by atoms with Crippen LogP contribution < -0.4 is 15.0 Å². The molecular formula is C21H16ClF5N4O3. The van der Waals surface area contributed by atoms with E-state index in [0.717, 1.165) is 12.1 Å². The Morgan fingerprint density at radius 1 is 0.912 bits per heavy atom. The Balaban J connectivity index is 0.000000192. The molecular weight excluding hydrogens is 487 g/mol. The standard InChI is InChI=1S/C11H10ClFN2O.C10H6F4N2O2/c1-3-7-11(12)15-8-4-6(13)10(16-2)5-9(8)14-7;1-18-7-3-6-5(2-4(7)11)15-8(9(17)16-6)10(12,13)14/h4-5H,3H2,1-2H3;2-3H,1H3,(H,16,17). The number of aromatic nitrogens is 4. The van der Waals surface area contributed by atoms with Crippen molar-refractivity contribution in [3.8, 4) is 11.5 Å². The van der Waals surface area contributed by atoms with Crippen LogP contribution in [0.1, 0.15) is 18.3 Å². The number of nitrogens with one attached hydrogen (secondary N) is 1. The smallest absolute Gasteiger partial charge is 0.438 e. The molecule has 13 heteroatoms. The fourth-order valence-electron chi connectivity index (χ4n) is 2.89. The van der Waals surface area contributed by atoms with E-state index in [9.17, 15) is 26.7 Å². The van der Waals surface area contributed by atoms with Crippen LogP contribution >= 0.6 is 11.6 Å². The second-order valence-corrected chi connectivity index (χ2v) is 7.06. The van der Waals surface area contributed by atoms with E-state index in [0.29, 0.717) is 28.3 Å². The largest absolute Gasteiger partial charge is 0.494 e. The van der Waals surface area contributed by atoms with Gasteiger partial charge in [0.1, 0.15) is 0 Å². The summed E-state index contributed by atoms with van der Waals surface area (Å²) in [6.07, 6.45) is -4.21. The van der Waals surface area contributed by atoms with Crippen LogP contribution in [0.4, 0.5) is 22.0 Å². The SMILES string of the molecule is CCc1nc2cc(OC)c(F)cc2nc1Cl.COc1cc2[nH]c(=O)c(C(F)(F)F)nc2cc1F. The summed E-state index contributed by atoms with van der Waals surface area (Å²) >= 11 is 5.90. The first kappa shape index (κ1) is 25.1. The molecule has 34 heavy (non-hydrogen) atoms. The topological polar surface area (TPSA) is 90.0 Å². The molecule has 4 rings (SSSR count). The van der Waals surface area contributed by atoms with Gasteiger partial charge in [-0.25, -0.2) is 23.7 Å². The lowest BCUT2D eigenvalue weighted by atomic mass is 10.2. The molecule has 0 saturated carbocycles. The van der Waals surface area contributed by atoms with Gasteiger partial charge in [0.05, 0.1) is 42.0 Å². The van der Waals surface area contributed by atoms with E-state index in [4.69, 9.17) is 16.3 Å². The fourth-order valence-corrected chi connectivity index (χ4v) is 3.16. The van der Waals surface area contributed by atoms with Gasteiger partial charge in [-0.05, 0) is 6.42 Å². The van der Waals surface area contributed by atoms with Crippen molar-refractivity contribution in [2.45, 2.75) is 19.5 Å². The summed E-state index contributed by atoms with van der Waals surface area (Å²) in [5, 5.41) is 0.319. The Morgan fingerprint density at radius 2 is 1.47 bits per heavy atom. The molecule has 0 spiro atoms. The van der Waals surface area contributed by atoms with Gasteiger partial charge in [-0.1, -0.05) is 18.5 Å². The number of aromatic amines is 1. The maximum Gasteiger partial charge on any atom is 0.438 e. The number of methoxy groups -OCH3 is 2. The van der Waals surface area contributed by atoms with Gasteiger partial charge in [-0.3, -0.25) is 4.79 Å². The van der Waals surface area contributed by atoms with E-state index >= 15 is 0 Å². The number of benzene rings is 2. The van der Waals surface area contributed by atoms with Gasteiger partial charge >= 0.3 is 6.18 Å². The molecule has 2 aromatic carbocycles. The molecule has 0 fully saturated rings. The average molecular weight is 503 g/mol. The normalized spacial score (nSPS) is 11.3. The number of ether oxygens (including phenoxy) is 2. The first-order valence-corrected chi connectivity index (χ1v) is 9.90. The first-order valence-electron chi connectivity index (χ1n) is 9.52. The number of hydrogen-bond acceptors (Lipinski definition) is 6. The van der Waals surface area contributed by atoms with Gasteiger partial charge < -0.3 is 14.5 Å². The summed E-state index contributed by atoms with van der Waals surface area (Å²) in [5.41, 5.74) is -1.63. The number of aryl methyl sites for hydroxylation is 1. The van der Waals surface area contributed by atoms with E-state index in [-0.39, 0.29) is 22.5 Å². The van der Waals surface area contributed by atoms with Crippen molar-refractivity contribution < 1.29 is 31.4 Å². The number of halogens is 6. The predicted octanol–water partition coefficient (Wildman–Crippen LogP) is 5.08. The van der Waals surface area contributed by atoms with Crippen LogP contribution in [0.5, 0.6) is 11.5 Å². The summed E-state index contributed by atoms with van der Waals surface area (Å²) < 4.78 is 73.5. The van der Waals surface area contributed by atoms with E-state index in [1.54, 1.807) is 0 Å². The first-order chi connectivity index (χ1) is 16.0. The van der Waals surface area contributed by atoms with Crippen molar-refractivity contribution >= 4 is 33.7 Å². The van der Waals surface area contributed by atoms with Crippen molar-refractivity contribution in [1.82, 2.24) is 19.9 Å². The molecule has 0 amide bonds. The molecule has 0 atom stereocenters. The van der Waals surface area contributed by atoms with Gasteiger partial charge in [0, 0.05) is 24.3 Å². The van der Waals surface area contributed by atoms with Crippen molar-refractivity contribution in [1.29, 1.82) is 0 Å². The lowest BCUT2D eigenvalue weighted by Crippen LogP contribution is -2.23. The molecule has 0 aliphatic heterocycles. The Hall–Kier alpha value is -3.54. The Kier molecular flexibility index (Phi) is 7.20. The molecule has 2 aromatic heterocycles. The van der Waals surface area contributed by atoms with Crippen LogP contribution in [0, 0.1) is 11.6 Å². The molecule has 4 aromatic rings. The third-order valence-electron chi connectivity index (χ3n) is 4.53. The zero-order valence-corrected chi connectivity index (χ0v) is 18.6. The zero-order valence-electron chi connectivity index (χ0n) is 17.9. The van der Waals surface area contributed by atoms with Gasteiger partial charge in [-0.2, -0.15) is 13.2 Å². The molecule has 0 bridgehead atoms. The third-order valence-corrected chi connectivity index (χ3v) is 4.83. The Morgan fingerprint density at radius 3 is 2.03 bits per heavy atom. The van der Waals surface area contributed by atoms with Crippen molar-refractivity contribution in [2.24, 2.45) is 0 Å². The summed E-state index contributed by atoms with van der Waals surface area (Å²) in [4.78, 5) is 24.7. The number of rotatable bonds is 3. The van der Waals surface area contributed by atoms with Gasteiger partial charge in [0.2, 0.25) is 5.69 Å². The summed E-state index contributed by atoms with van der Waals surface area (Å²) in [6.45, 7) is 1.93. The highest BCUT2D eigenvalue weighted by atomic mass is 35.5. The number of nitrogens with zero attached hydrogens (tertiary/aromatic N) is 3. The summed E-state index contributed by atoms with van der Waals surface area (Å²) in [6, 6.07) is 4.62. The van der Waals surface area contributed by atoms with Crippen LogP contribution in [-0.2, 0) is 12.6 Å². The monoisotopic (exact) mass is 502 g/mol. The highest BCUT2D eigenvalue weighted by Gasteiger charge is 2.36. The lowest BCUT2D eigenvalue weighted by Gasteiger charge is -2.07. The molecule has 0 saturated heterocycles. The minimum atomic E-state index is -4.89. The highest BCUT2D eigenvalue weighted by molar-refractivity contribution is 6.30. The van der Waals surface area contributed by atoms with Crippen LogP contribution in [0.25, 0.3) is 22.1 Å². The van der Waals surface area contributed by atoms with Crippen LogP contribution in [0.15, 0.2) is 29.1 Å². The minimum Gasteiger partial charge on any atom is -0.494 e.